The summed E-state index contributed by atoms with van der Waals surface area (Å²) >= 11 is 1.64. The van der Waals surface area contributed by atoms with Gasteiger partial charge in [-0.15, -0.1) is 11.3 Å². The minimum atomic E-state index is 0.172. The minimum absolute atomic E-state index is 0.172. The van der Waals surface area contributed by atoms with Crippen molar-refractivity contribution in [2.24, 2.45) is 5.92 Å². The Morgan fingerprint density at radius 2 is 2.25 bits per heavy atom. The zero-order valence-electron chi connectivity index (χ0n) is 11.4. The lowest BCUT2D eigenvalue weighted by Gasteiger charge is -2.10. The predicted octanol–water partition coefficient (Wildman–Crippen LogP) is 2.13. The number of rotatable bonds is 5. The van der Waals surface area contributed by atoms with Gasteiger partial charge >= 0.3 is 0 Å². The SMILES string of the molecule is Cc1nc2cc(NCCNC(=O)C3CC3)c(N)cc2s1. The topological polar surface area (TPSA) is 80.0 Å². The molecule has 20 heavy (non-hydrogen) atoms. The number of carbonyl (C=O) groups is 1. The molecule has 5 nitrogen and oxygen atoms in total. The number of nitrogens with one attached hydrogen (secondary N) is 2. The second kappa shape index (κ2) is 5.28. The fourth-order valence-electron chi connectivity index (χ4n) is 2.13. The van der Waals surface area contributed by atoms with E-state index >= 15 is 0 Å². The van der Waals surface area contributed by atoms with Crippen LogP contribution in [0.4, 0.5) is 11.4 Å². The molecule has 3 rings (SSSR count). The fourth-order valence-corrected chi connectivity index (χ4v) is 2.99. The number of benzene rings is 1. The molecule has 0 unspecified atom stereocenters. The monoisotopic (exact) mass is 290 g/mol. The summed E-state index contributed by atoms with van der Waals surface area (Å²) in [5.41, 5.74) is 8.58. The van der Waals surface area contributed by atoms with Crippen molar-refractivity contribution in [2.75, 3.05) is 24.1 Å². The second-order valence-corrected chi connectivity index (χ2v) is 6.37. The smallest absolute Gasteiger partial charge is 0.223 e. The van der Waals surface area contributed by atoms with E-state index in [0.717, 1.165) is 39.4 Å². The third-order valence-electron chi connectivity index (χ3n) is 3.35. The van der Waals surface area contributed by atoms with Crippen LogP contribution in [0.15, 0.2) is 12.1 Å². The molecule has 1 aliphatic rings. The Balaban J connectivity index is 1.58. The number of hydrogen-bond donors (Lipinski definition) is 3. The van der Waals surface area contributed by atoms with E-state index in [1.165, 1.54) is 0 Å². The maximum atomic E-state index is 11.5. The summed E-state index contributed by atoms with van der Waals surface area (Å²) < 4.78 is 1.10. The van der Waals surface area contributed by atoms with Gasteiger partial charge in [-0.1, -0.05) is 0 Å². The first-order valence-electron chi connectivity index (χ1n) is 6.82. The molecule has 0 spiro atoms. The molecule has 6 heteroatoms. The average molecular weight is 290 g/mol. The summed E-state index contributed by atoms with van der Waals surface area (Å²) in [6.07, 6.45) is 2.07. The highest BCUT2D eigenvalue weighted by atomic mass is 32.1. The summed E-state index contributed by atoms with van der Waals surface area (Å²) in [6, 6.07) is 3.92. The van der Waals surface area contributed by atoms with E-state index in [1.54, 1.807) is 11.3 Å². The third-order valence-corrected chi connectivity index (χ3v) is 4.29. The van der Waals surface area contributed by atoms with Crippen LogP contribution in [0.1, 0.15) is 17.8 Å². The largest absolute Gasteiger partial charge is 0.397 e. The molecular formula is C14H18N4OS. The van der Waals surface area contributed by atoms with Crippen molar-refractivity contribution in [1.29, 1.82) is 0 Å². The van der Waals surface area contributed by atoms with Crippen LogP contribution >= 0.6 is 11.3 Å². The summed E-state index contributed by atoms with van der Waals surface area (Å²) in [6.45, 7) is 3.27. The molecule has 1 aliphatic carbocycles. The normalized spacial score (nSPS) is 14.4. The Hall–Kier alpha value is -1.82. The lowest BCUT2D eigenvalue weighted by atomic mass is 10.2. The van der Waals surface area contributed by atoms with Crippen LogP contribution in [0.3, 0.4) is 0 Å². The molecule has 106 valence electrons. The molecule has 2 aromatic rings. The van der Waals surface area contributed by atoms with Gasteiger partial charge in [-0.25, -0.2) is 4.98 Å². The predicted molar refractivity (Wildman–Crippen MR) is 83.0 cm³/mol. The van der Waals surface area contributed by atoms with Gasteiger partial charge in [-0.05, 0) is 31.9 Å². The summed E-state index contributed by atoms with van der Waals surface area (Å²) in [7, 11) is 0. The lowest BCUT2D eigenvalue weighted by molar-refractivity contribution is -0.122. The Kier molecular flexibility index (Phi) is 3.48. The number of aromatic nitrogens is 1. The molecule has 1 amide bonds. The Morgan fingerprint density at radius 3 is 3.00 bits per heavy atom. The number of anilines is 2. The fraction of sp³-hybridized carbons (Fsp3) is 0.429. The van der Waals surface area contributed by atoms with Gasteiger partial charge in [0, 0.05) is 19.0 Å². The molecule has 0 aliphatic heterocycles. The number of thiazole rings is 1. The van der Waals surface area contributed by atoms with Crippen molar-refractivity contribution in [3.8, 4) is 0 Å². The molecule has 0 radical (unpaired) electrons. The molecule has 1 heterocycles. The number of nitrogen functional groups attached to an aromatic ring is 1. The van der Waals surface area contributed by atoms with Gasteiger partial charge in [0.1, 0.15) is 0 Å². The first-order chi connectivity index (χ1) is 9.63. The summed E-state index contributed by atoms with van der Waals surface area (Å²) in [4.78, 5) is 15.9. The quantitative estimate of drug-likeness (QED) is 0.582. The van der Waals surface area contributed by atoms with Crippen molar-refractivity contribution in [1.82, 2.24) is 10.3 Å². The van der Waals surface area contributed by atoms with Crippen molar-refractivity contribution in [3.63, 3.8) is 0 Å². The van der Waals surface area contributed by atoms with Crippen molar-refractivity contribution in [3.05, 3.63) is 17.1 Å². The highest BCUT2D eigenvalue weighted by molar-refractivity contribution is 7.18. The van der Waals surface area contributed by atoms with Gasteiger partial charge < -0.3 is 16.4 Å². The number of nitrogens with two attached hydrogens (primary N) is 1. The van der Waals surface area contributed by atoms with Gasteiger partial charge in [0.2, 0.25) is 5.91 Å². The molecule has 0 bridgehead atoms. The lowest BCUT2D eigenvalue weighted by Crippen LogP contribution is -2.29. The van der Waals surface area contributed by atoms with Crippen molar-refractivity contribution >= 4 is 38.8 Å². The van der Waals surface area contributed by atoms with E-state index in [-0.39, 0.29) is 11.8 Å². The number of hydrogen-bond acceptors (Lipinski definition) is 5. The van der Waals surface area contributed by atoms with Gasteiger partial charge in [-0.2, -0.15) is 0 Å². The van der Waals surface area contributed by atoms with E-state index < -0.39 is 0 Å². The molecule has 1 saturated carbocycles. The standard InChI is InChI=1S/C14H18N4OS/c1-8-18-12-7-11(10(15)6-13(12)20-8)16-4-5-17-14(19)9-2-3-9/h6-7,9,16H,2-5,15H2,1H3,(H,17,19). The Morgan fingerprint density at radius 1 is 1.45 bits per heavy atom. The first kappa shape index (κ1) is 13.2. The molecular weight excluding hydrogens is 272 g/mol. The molecule has 0 atom stereocenters. The zero-order valence-corrected chi connectivity index (χ0v) is 12.2. The van der Waals surface area contributed by atoms with Gasteiger partial charge in [0.25, 0.3) is 0 Å². The molecule has 4 N–H and O–H groups in total. The van der Waals surface area contributed by atoms with Crippen LogP contribution in [0.2, 0.25) is 0 Å². The third kappa shape index (κ3) is 2.85. The zero-order chi connectivity index (χ0) is 14.1. The van der Waals surface area contributed by atoms with Crippen LogP contribution in [0, 0.1) is 12.8 Å². The van der Waals surface area contributed by atoms with E-state index in [4.69, 9.17) is 5.73 Å². The first-order valence-corrected chi connectivity index (χ1v) is 7.63. The molecule has 0 saturated heterocycles. The second-order valence-electron chi connectivity index (χ2n) is 5.13. The Bertz CT molecular complexity index is 648. The van der Waals surface area contributed by atoms with Gasteiger partial charge in [-0.3, -0.25) is 4.79 Å². The highest BCUT2D eigenvalue weighted by Crippen LogP contribution is 2.30. The van der Waals surface area contributed by atoms with E-state index in [2.05, 4.69) is 15.6 Å². The maximum Gasteiger partial charge on any atom is 0.223 e. The van der Waals surface area contributed by atoms with Crippen LogP contribution in [0.5, 0.6) is 0 Å². The van der Waals surface area contributed by atoms with Crippen LogP contribution in [-0.2, 0) is 4.79 Å². The summed E-state index contributed by atoms with van der Waals surface area (Å²) in [5, 5.41) is 7.21. The Labute approximate surface area is 121 Å². The number of nitrogens with zero attached hydrogens (tertiary/aromatic N) is 1. The molecule has 1 aromatic carbocycles. The number of aryl methyl sites for hydroxylation is 1. The van der Waals surface area contributed by atoms with Gasteiger partial charge in [0.15, 0.2) is 0 Å². The molecule has 1 fully saturated rings. The summed E-state index contributed by atoms with van der Waals surface area (Å²) in [5.74, 6) is 0.430. The van der Waals surface area contributed by atoms with E-state index in [1.807, 2.05) is 19.1 Å². The highest BCUT2D eigenvalue weighted by Gasteiger charge is 2.28. The molecule has 1 aromatic heterocycles. The average Bonchev–Trinajstić information content (AvgIpc) is 3.18. The maximum absolute atomic E-state index is 11.5. The van der Waals surface area contributed by atoms with Crippen molar-refractivity contribution < 1.29 is 4.79 Å². The van der Waals surface area contributed by atoms with Crippen LogP contribution in [-0.4, -0.2) is 24.0 Å². The minimum Gasteiger partial charge on any atom is -0.397 e. The van der Waals surface area contributed by atoms with Crippen molar-refractivity contribution in [2.45, 2.75) is 19.8 Å². The van der Waals surface area contributed by atoms with Crippen LogP contribution in [0.25, 0.3) is 10.2 Å². The van der Waals surface area contributed by atoms with Gasteiger partial charge in [0.05, 0.1) is 26.6 Å². The van der Waals surface area contributed by atoms with E-state index in [0.29, 0.717) is 13.1 Å². The van der Waals surface area contributed by atoms with E-state index in [9.17, 15) is 4.79 Å². The number of fused-ring (bicyclic) bond motifs is 1. The number of carbonyl (C=O) groups excluding carboxylic acids is 1. The number of amides is 1. The van der Waals surface area contributed by atoms with Crippen LogP contribution < -0.4 is 16.4 Å².